The Morgan fingerprint density at radius 1 is 1.36 bits per heavy atom. The third-order valence-corrected chi connectivity index (χ3v) is 6.81. The number of anilines is 1. The lowest BCUT2D eigenvalue weighted by atomic mass is 10.2. The molecular weight excluding hydrogens is 480 g/mol. The van der Waals surface area contributed by atoms with Gasteiger partial charge in [0.1, 0.15) is 0 Å². The second-order valence-electron chi connectivity index (χ2n) is 6.39. The van der Waals surface area contributed by atoms with Crippen molar-refractivity contribution in [2.75, 3.05) is 11.1 Å². The lowest BCUT2D eigenvalue weighted by Crippen LogP contribution is -2.15. The zero-order chi connectivity index (χ0) is 20.3. The molecule has 0 aliphatic rings. The van der Waals surface area contributed by atoms with Gasteiger partial charge in [-0.1, -0.05) is 46.2 Å². The maximum Gasteiger partial charge on any atom is 0.234 e. The van der Waals surface area contributed by atoms with Crippen molar-refractivity contribution in [1.82, 2.24) is 14.8 Å². The zero-order valence-electron chi connectivity index (χ0n) is 15.7. The molecule has 0 unspecified atom stereocenters. The van der Waals surface area contributed by atoms with Gasteiger partial charge in [-0.3, -0.25) is 9.36 Å². The van der Waals surface area contributed by atoms with E-state index in [4.69, 9.17) is 11.6 Å². The van der Waals surface area contributed by atoms with Crippen molar-refractivity contribution in [2.45, 2.75) is 38.4 Å². The zero-order valence-corrected chi connectivity index (χ0v) is 19.7. The average molecular weight is 500 g/mol. The van der Waals surface area contributed by atoms with Crippen molar-refractivity contribution in [3.8, 4) is 11.4 Å². The summed E-state index contributed by atoms with van der Waals surface area (Å²) in [5.41, 5.74) is 1.66. The van der Waals surface area contributed by atoms with Crippen LogP contribution in [0.4, 0.5) is 5.69 Å². The number of aryl methyl sites for hydroxylation is 1. The molecule has 2 aromatic heterocycles. The summed E-state index contributed by atoms with van der Waals surface area (Å²) in [5.74, 6) is 0.920. The molecule has 3 rings (SSSR count). The third kappa shape index (κ3) is 4.97. The second kappa shape index (κ2) is 9.43. The first kappa shape index (κ1) is 21.4. The molecule has 0 spiro atoms. The molecule has 9 heteroatoms. The Morgan fingerprint density at radius 2 is 2.14 bits per heavy atom. The van der Waals surface area contributed by atoms with Crippen LogP contribution in [-0.4, -0.2) is 26.4 Å². The predicted molar refractivity (Wildman–Crippen MR) is 122 cm³/mol. The molecule has 0 atom stereocenters. The molecule has 0 saturated heterocycles. The van der Waals surface area contributed by atoms with Crippen molar-refractivity contribution < 1.29 is 4.79 Å². The number of hydrogen-bond acceptors (Lipinski definition) is 5. The molecule has 3 aromatic rings. The third-order valence-electron chi connectivity index (χ3n) is 3.98. The molecule has 0 fully saturated rings. The van der Waals surface area contributed by atoms with E-state index in [-0.39, 0.29) is 17.7 Å². The summed E-state index contributed by atoms with van der Waals surface area (Å²) >= 11 is 12.6. The number of hydrogen-bond donors (Lipinski definition) is 1. The van der Waals surface area contributed by atoms with E-state index in [1.807, 2.05) is 6.07 Å². The minimum atomic E-state index is -0.141. The van der Waals surface area contributed by atoms with E-state index in [0.29, 0.717) is 10.7 Å². The second-order valence-corrected chi connectivity index (χ2v) is 9.65. The predicted octanol–water partition coefficient (Wildman–Crippen LogP) is 6.30. The molecule has 5 nitrogen and oxygen atoms in total. The van der Waals surface area contributed by atoms with Gasteiger partial charge < -0.3 is 5.32 Å². The number of aromatic nitrogens is 3. The first-order valence-corrected chi connectivity index (χ1v) is 11.8. The van der Waals surface area contributed by atoms with Gasteiger partial charge in [-0.05, 0) is 44.5 Å². The Labute approximate surface area is 186 Å². The largest absolute Gasteiger partial charge is 0.324 e. The van der Waals surface area contributed by atoms with Gasteiger partial charge in [0.15, 0.2) is 11.0 Å². The SMILES string of the molecule is CCc1cc(-c2nnc(SCC(=O)Nc3ccc(Br)cc3Cl)n2C(C)C)cs1. The van der Waals surface area contributed by atoms with Gasteiger partial charge >= 0.3 is 0 Å². The van der Waals surface area contributed by atoms with E-state index in [0.717, 1.165) is 27.4 Å². The van der Waals surface area contributed by atoms with Gasteiger partial charge in [-0.25, -0.2) is 0 Å². The fourth-order valence-corrected chi connectivity index (χ4v) is 5.03. The summed E-state index contributed by atoms with van der Waals surface area (Å²) in [4.78, 5) is 13.7. The van der Waals surface area contributed by atoms with Gasteiger partial charge in [0.05, 0.1) is 16.5 Å². The van der Waals surface area contributed by atoms with Crippen LogP contribution in [0.15, 0.2) is 39.3 Å². The average Bonchev–Trinajstić information content (AvgIpc) is 3.28. The fourth-order valence-electron chi connectivity index (χ4n) is 2.63. The van der Waals surface area contributed by atoms with Crippen molar-refractivity contribution in [3.05, 3.63) is 44.0 Å². The van der Waals surface area contributed by atoms with Crippen LogP contribution in [0.2, 0.25) is 5.02 Å². The number of halogens is 2. The molecule has 1 N–H and O–H groups in total. The minimum absolute atomic E-state index is 0.141. The molecule has 0 radical (unpaired) electrons. The van der Waals surface area contributed by atoms with Crippen LogP contribution in [0.25, 0.3) is 11.4 Å². The van der Waals surface area contributed by atoms with Gasteiger partial charge in [-0.15, -0.1) is 21.5 Å². The maximum atomic E-state index is 12.4. The van der Waals surface area contributed by atoms with Crippen molar-refractivity contribution in [2.24, 2.45) is 0 Å². The number of carbonyl (C=O) groups is 1. The monoisotopic (exact) mass is 498 g/mol. The van der Waals surface area contributed by atoms with Crippen LogP contribution in [0.3, 0.4) is 0 Å². The number of amides is 1. The number of rotatable bonds is 7. The first-order chi connectivity index (χ1) is 13.4. The van der Waals surface area contributed by atoms with Crippen molar-refractivity contribution in [1.29, 1.82) is 0 Å². The highest BCUT2D eigenvalue weighted by Crippen LogP contribution is 2.31. The number of carbonyl (C=O) groups excluding carboxylic acids is 1. The molecule has 1 amide bonds. The molecule has 0 aliphatic heterocycles. The summed E-state index contributed by atoms with van der Waals surface area (Å²) in [6.07, 6.45) is 1.00. The lowest BCUT2D eigenvalue weighted by Gasteiger charge is -2.13. The molecule has 0 saturated carbocycles. The van der Waals surface area contributed by atoms with Crippen molar-refractivity contribution >= 4 is 62.2 Å². The van der Waals surface area contributed by atoms with Crippen LogP contribution in [0.5, 0.6) is 0 Å². The number of thiophene rings is 1. The Morgan fingerprint density at radius 3 is 2.79 bits per heavy atom. The summed E-state index contributed by atoms with van der Waals surface area (Å²) in [5, 5.41) is 14.9. The van der Waals surface area contributed by atoms with Gasteiger partial charge in [0.25, 0.3) is 0 Å². The molecule has 1 aromatic carbocycles. The summed E-state index contributed by atoms with van der Waals surface area (Å²) in [6, 6.07) is 7.69. The highest BCUT2D eigenvalue weighted by molar-refractivity contribution is 9.10. The number of nitrogens with zero attached hydrogens (tertiary/aromatic N) is 3. The molecule has 28 heavy (non-hydrogen) atoms. The fraction of sp³-hybridized carbons (Fsp3) is 0.316. The normalized spacial score (nSPS) is 11.2. The van der Waals surface area contributed by atoms with E-state index < -0.39 is 0 Å². The summed E-state index contributed by atoms with van der Waals surface area (Å²) in [6.45, 7) is 6.32. The Hall–Kier alpha value is -1.35. The Bertz CT molecular complexity index is 986. The Kier molecular flexibility index (Phi) is 7.20. The van der Waals surface area contributed by atoms with E-state index in [9.17, 15) is 4.79 Å². The molecular formula is C19H20BrClN4OS2. The van der Waals surface area contributed by atoms with Crippen LogP contribution in [0, 0.1) is 0 Å². The van der Waals surface area contributed by atoms with Gasteiger partial charge in [0, 0.05) is 26.3 Å². The summed E-state index contributed by atoms with van der Waals surface area (Å²) < 4.78 is 2.94. The quantitative estimate of drug-likeness (QED) is 0.388. The van der Waals surface area contributed by atoms with E-state index in [1.54, 1.807) is 23.5 Å². The van der Waals surface area contributed by atoms with Crippen LogP contribution >= 0.6 is 50.6 Å². The van der Waals surface area contributed by atoms with E-state index in [1.165, 1.54) is 16.6 Å². The van der Waals surface area contributed by atoms with E-state index in [2.05, 4.69) is 68.2 Å². The smallest absolute Gasteiger partial charge is 0.234 e. The molecule has 148 valence electrons. The molecule has 2 heterocycles. The van der Waals surface area contributed by atoms with Crippen LogP contribution in [-0.2, 0) is 11.2 Å². The van der Waals surface area contributed by atoms with Gasteiger partial charge in [0.2, 0.25) is 5.91 Å². The molecule has 0 aliphatic carbocycles. The number of nitrogens with one attached hydrogen (secondary N) is 1. The minimum Gasteiger partial charge on any atom is -0.324 e. The highest BCUT2D eigenvalue weighted by atomic mass is 79.9. The maximum absolute atomic E-state index is 12.4. The lowest BCUT2D eigenvalue weighted by molar-refractivity contribution is -0.113. The highest BCUT2D eigenvalue weighted by Gasteiger charge is 2.19. The topological polar surface area (TPSA) is 59.8 Å². The number of thioether (sulfide) groups is 1. The van der Waals surface area contributed by atoms with Crippen LogP contribution < -0.4 is 5.32 Å². The first-order valence-electron chi connectivity index (χ1n) is 8.79. The van der Waals surface area contributed by atoms with Crippen LogP contribution in [0.1, 0.15) is 31.7 Å². The van der Waals surface area contributed by atoms with E-state index >= 15 is 0 Å². The Balaban J connectivity index is 1.72. The number of benzene rings is 1. The standard InChI is InChI=1S/C19H20BrClN4OS2/c1-4-14-7-12(9-27-14)18-23-24-19(25(18)11(2)3)28-10-17(26)22-16-6-5-13(20)8-15(16)21/h5-9,11H,4,10H2,1-3H3,(H,22,26). The van der Waals surface area contributed by atoms with Gasteiger partial charge in [-0.2, -0.15) is 0 Å². The molecule has 0 bridgehead atoms. The summed E-state index contributed by atoms with van der Waals surface area (Å²) in [7, 11) is 0. The van der Waals surface area contributed by atoms with Crippen molar-refractivity contribution in [3.63, 3.8) is 0 Å².